The summed E-state index contributed by atoms with van der Waals surface area (Å²) in [5, 5.41) is 9.59. The van der Waals surface area contributed by atoms with Crippen molar-refractivity contribution in [2.45, 2.75) is 29.3 Å². The lowest BCUT2D eigenvalue weighted by atomic mass is 10.2. The zero-order valence-electron chi connectivity index (χ0n) is 14.3. The lowest BCUT2D eigenvalue weighted by Gasteiger charge is -2.09. The van der Waals surface area contributed by atoms with Gasteiger partial charge in [-0.2, -0.15) is 4.37 Å². The summed E-state index contributed by atoms with van der Waals surface area (Å²) in [5.41, 5.74) is 1.96. The molecular formula is C18H16N6S2. The van der Waals surface area contributed by atoms with Crippen LogP contribution in [0.3, 0.4) is 0 Å². The van der Waals surface area contributed by atoms with Crippen LogP contribution in [0.4, 0.5) is 0 Å². The van der Waals surface area contributed by atoms with Crippen molar-refractivity contribution in [1.29, 1.82) is 0 Å². The zero-order chi connectivity index (χ0) is 17.9. The van der Waals surface area contributed by atoms with Gasteiger partial charge in [0.15, 0.2) is 10.2 Å². The molecule has 0 bridgehead atoms. The summed E-state index contributed by atoms with van der Waals surface area (Å²) < 4.78 is 7.32. The number of hydrogen-bond donors (Lipinski definition) is 0. The molecule has 130 valence electrons. The van der Waals surface area contributed by atoms with Gasteiger partial charge in [0, 0.05) is 29.6 Å². The van der Waals surface area contributed by atoms with Crippen molar-refractivity contribution < 1.29 is 0 Å². The van der Waals surface area contributed by atoms with Gasteiger partial charge in [0.2, 0.25) is 5.16 Å². The molecule has 0 radical (unpaired) electrons. The van der Waals surface area contributed by atoms with Crippen LogP contribution in [-0.2, 0) is 0 Å². The fourth-order valence-electron chi connectivity index (χ4n) is 2.41. The van der Waals surface area contributed by atoms with E-state index in [0.717, 1.165) is 32.4 Å². The first-order valence-corrected chi connectivity index (χ1v) is 9.74. The van der Waals surface area contributed by atoms with Crippen molar-refractivity contribution in [3.63, 3.8) is 0 Å². The first-order chi connectivity index (χ1) is 12.7. The first-order valence-electron chi connectivity index (χ1n) is 8.15. The Hall–Kier alpha value is -2.58. The molecule has 0 spiro atoms. The highest BCUT2D eigenvalue weighted by molar-refractivity contribution is 8.00. The van der Waals surface area contributed by atoms with Gasteiger partial charge in [0.1, 0.15) is 5.82 Å². The zero-order valence-corrected chi connectivity index (χ0v) is 15.9. The minimum atomic E-state index is 0.306. The van der Waals surface area contributed by atoms with E-state index in [0.29, 0.717) is 5.92 Å². The van der Waals surface area contributed by atoms with Crippen LogP contribution in [0.1, 0.15) is 25.6 Å². The van der Waals surface area contributed by atoms with Gasteiger partial charge < -0.3 is 0 Å². The monoisotopic (exact) mass is 380 g/mol. The van der Waals surface area contributed by atoms with Gasteiger partial charge >= 0.3 is 0 Å². The molecule has 0 unspecified atom stereocenters. The second-order valence-electron chi connectivity index (χ2n) is 5.89. The van der Waals surface area contributed by atoms with Crippen molar-refractivity contribution in [3.05, 3.63) is 60.7 Å². The van der Waals surface area contributed by atoms with Gasteiger partial charge in [-0.1, -0.05) is 32.0 Å². The predicted octanol–water partition coefficient (Wildman–Crippen LogP) is 4.46. The molecule has 3 heterocycles. The van der Waals surface area contributed by atoms with Gasteiger partial charge in [-0.05, 0) is 47.6 Å². The summed E-state index contributed by atoms with van der Waals surface area (Å²) in [6, 6.07) is 13.9. The van der Waals surface area contributed by atoms with E-state index in [4.69, 9.17) is 0 Å². The molecule has 0 saturated heterocycles. The minimum absolute atomic E-state index is 0.306. The largest absolute Gasteiger partial charge is 0.270 e. The van der Waals surface area contributed by atoms with Gasteiger partial charge in [0.05, 0.1) is 0 Å². The van der Waals surface area contributed by atoms with E-state index in [1.807, 2.05) is 47.0 Å². The van der Waals surface area contributed by atoms with Gasteiger partial charge in [-0.25, -0.2) is 4.98 Å². The van der Waals surface area contributed by atoms with Crippen LogP contribution >= 0.6 is 23.3 Å². The number of nitrogens with zero attached hydrogens (tertiary/aromatic N) is 6. The topological polar surface area (TPSA) is 69.4 Å². The van der Waals surface area contributed by atoms with E-state index >= 15 is 0 Å². The lowest BCUT2D eigenvalue weighted by Crippen LogP contribution is -1.99. The normalized spacial score (nSPS) is 11.2. The van der Waals surface area contributed by atoms with Crippen molar-refractivity contribution >= 4 is 23.3 Å². The molecule has 0 amide bonds. The Morgan fingerprint density at radius 3 is 2.46 bits per heavy atom. The Kier molecular flexibility index (Phi) is 4.77. The van der Waals surface area contributed by atoms with Crippen LogP contribution in [0.15, 0.2) is 64.4 Å². The van der Waals surface area contributed by atoms with Gasteiger partial charge in [-0.3, -0.25) is 9.55 Å². The molecule has 0 atom stereocenters. The molecule has 6 nitrogen and oxygen atoms in total. The number of rotatable bonds is 5. The third-order valence-electron chi connectivity index (χ3n) is 3.70. The average molecular weight is 381 g/mol. The van der Waals surface area contributed by atoms with Crippen molar-refractivity contribution in [3.8, 4) is 17.1 Å². The highest BCUT2D eigenvalue weighted by Gasteiger charge is 2.18. The van der Waals surface area contributed by atoms with Gasteiger partial charge in [0.25, 0.3) is 0 Å². The molecule has 0 saturated carbocycles. The fraction of sp³-hybridized carbons (Fsp3) is 0.167. The number of benzene rings is 1. The summed E-state index contributed by atoms with van der Waals surface area (Å²) >= 11 is 2.87. The summed E-state index contributed by atoms with van der Waals surface area (Å²) in [4.78, 5) is 8.69. The Balaban J connectivity index is 1.78. The van der Waals surface area contributed by atoms with Crippen LogP contribution in [-0.4, -0.2) is 29.1 Å². The van der Waals surface area contributed by atoms with E-state index in [2.05, 4.69) is 38.4 Å². The number of aromatic nitrogens is 6. The van der Waals surface area contributed by atoms with E-state index in [-0.39, 0.29) is 0 Å². The molecule has 4 rings (SSSR count). The molecule has 26 heavy (non-hydrogen) atoms. The Bertz CT molecular complexity index is 995. The van der Waals surface area contributed by atoms with Crippen LogP contribution in [0.25, 0.3) is 17.1 Å². The first kappa shape index (κ1) is 16.9. The number of para-hydroxylation sites is 1. The summed E-state index contributed by atoms with van der Waals surface area (Å²) in [6.07, 6.45) is 3.51. The molecule has 0 aliphatic carbocycles. The van der Waals surface area contributed by atoms with Crippen LogP contribution in [0, 0.1) is 0 Å². The maximum Gasteiger partial charge on any atom is 0.203 e. The average Bonchev–Trinajstić information content (AvgIpc) is 3.31. The minimum Gasteiger partial charge on any atom is -0.270 e. The van der Waals surface area contributed by atoms with Crippen molar-refractivity contribution in [1.82, 2.24) is 29.1 Å². The molecule has 0 aliphatic heterocycles. The third-order valence-corrected chi connectivity index (χ3v) is 5.42. The molecule has 0 aliphatic rings. The maximum absolute atomic E-state index is 4.60. The fourth-order valence-corrected chi connectivity index (χ4v) is 4.11. The van der Waals surface area contributed by atoms with E-state index < -0.39 is 0 Å². The van der Waals surface area contributed by atoms with Crippen LogP contribution in [0.5, 0.6) is 0 Å². The molecule has 3 aromatic heterocycles. The third kappa shape index (κ3) is 3.38. The van der Waals surface area contributed by atoms with E-state index in [1.165, 1.54) is 23.3 Å². The van der Waals surface area contributed by atoms with Crippen LogP contribution < -0.4 is 0 Å². The summed E-state index contributed by atoms with van der Waals surface area (Å²) in [5.74, 6) is 1.94. The van der Waals surface area contributed by atoms with E-state index in [1.54, 1.807) is 12.4 Å². The lowest BCUT2D eigenvalue weighted by molar-refractivity contribution is 0.788. The molecule has 0 fully saturated rings. The van der Waals surface area contributed by atoms with Gasteiger partial charge in [-0.15, -0.1) is 10.2 Å². The molecule has 8 heteroatoms. The SMILES string of the molecule is CC(C)c1nsc(Sc2nnc(-c3ccncc3)n2-c2ccccc2)n1. The maximum atomic E-state index is 4.60. The number of hydrogen-bond acceptors (Lipinski definition) is 7. The smallest absolute Gasteiger partial charge is 0.203 e. The Labute approximate surface area is 159 Å². The molecule has 1 aromatic carbocycles. The summed E-state index contributed by atoms with van der Waals surface area (Å²) in [7, 11) is 0. The van der Waals surface area contributed by atoms with Crippen molar-refractivity contribution in [2.24, 2.45) is 0 Å². The highest BCUT2D eigenvalue weighted by atomic mass is 32.2. The summed E-state index contributed by atoms with van der Waals surface area (Å²) in [6.45, 7) is 4.18. The number of pyridine rings is 1. The molecule has 0 N–H and O–H groups in total. The predicted molar refractivity (Wildman–Crippen MR) is 103 cm³/mol. The standard InChI is InChI=1S/C18H16N6S2/c1-12(2)15-20-18(26-23-15)25-17-22-21-16(13-8-10-19-11-9-13)24(17)14-6-4-3-5-7-14/h3-12H,1-2H3. The molecule has 4 aromatic rings. The van der Waals surface area contributed by atoms with Crippen LogP contribution in [0.2, 0.25) is 0 Å². The van der Waals surface area contributed by atoms with Crippen molar-refractivity contribution in [2.75, 3.05) is 0 Å². The quantitative estimate of drug-likeness (QED) is 0.509. The second-order valence-corrected chi connectivity index (χ2v) is 7.85. The Morgan fingerprint density at radius 2 is 1.77 bits per heavy atom. The second kappa shape index (κ2) is 7.35. The Morgan fingerprint density at radius 1 is 1.00 bits per heavy atom. The highest BCUT2D eigenvalue weighted by Crippen LogP contribution is 2.33. The van der Waals surface area contributed by atoms with E-state index in [9.17, 15) is 0 Å². The molecular weight excluding hydrogens is 364 g/mol.